The molecule has 2 aromatic rings. The Morgan fingerprint density at radius 2 is 1.96 bits per heavy atom. The molecule has 8 heteroatoms. The van der Waals surface area contributed by atoms with Crippen molar-refractivity contribution >= 4 is 11.7 Å². The highest BCUT2D eigenvalue weighted by atomic mass is 16.7. The van der Waals surface area contributed by atoms with Crippen LogP contribution in [0.4, 0.5) is 5.69 Å². The summed E-state index contributed by atoms with van der Waals surface area (Å²) >= 11 is 0. The summed E-state index contributed by atoms with van der Waals surface area (Å²) < 4.78 is 20.7. The third-order valence-electron chi connectivity index (χ3n) is 3.41. The Kier molecular flexibility index (Phi) is 4.19. The normalized spacial score (nSPS) is 11.9. The van der Waals surface area contributed by atoms with Crippen LogP contribution in [0.5, 0.6) is 17.2 Å². The first kappa shape index (κ1) is 15.6. The summed E-state index contributed by atoms with van der Waals surface area (Å²) in [5.74, 6) is -0.710. The molecule has 1 aliphatic rings. The number of benzene rings is 2. The lowest BCUT2D eigenvalue weighted by molar-refractivity contribution is -0.386. The topological polar surface area (TPSA) is 97.1 Å². The van der Waals surface area contributed by atoms with Crippen molar-refractivity contribution in [3.05, 3.63) is 57.6 Å². The van der Waals surface area contributed by atoms with Gasteiger partial charge in [0.2, 0.25) is 18.3 Å². The van der Waals surface area contributed by atoms with Crippen LogP contribution in [0.2, 0.25) is 0 Å². The molecule has 0 atom stereocenters. The van der Waals surface area contributed by atoms with Crippen LogP contribution in [-0.2, 0) is 11.3 Å². The van der Waals surface area contributed by atoms with Crippen molar-refractivity contribution in [3.63, 3.8) is 0 Å². The van der Waals surface area contributed by atoms with Crippen LogP contribution < -0.4 is 14.2 Å². The van der Waals surface area contributed by atoms with Crippen LogP contribution in [0.25, 0.3) is 0 Å². The summed E-state index contributed by atoms with van der Waals surface area (Å²) in [6, 6.07) is 10.6. The molecule has 1 aliphatic heterocycles. The van der Waals surface area contributed by atoms with Crippen molar-refractivity contribution in [2.75, 3.05) is 13.9 Å². The van der Waals surface area contributed by atoms with Gasteiger partial charge in [0.15, 0.2) is 5.75 Å². The van der Waals surface area contributed by atoms with Gasteiger partial charge in [0.05, 0.1) is 12.0 Å². The summed E-state index contributed by atoms with van der Waals surface area (Å²) in [5.41, 5.74) is 0.138. The van der Waals surface area contributed by atoms with Crippen LogP contribution in [0.3, 0.4) is 0 Å². The molecule has 0 bridgehead atoms. The van der Waals surface area contributed by atoms with Gasteiger partial charge in [0.1, 0.15) is 12.2 Å². The fourth-order valence-electron chi connectivity index (χ4n) is 2.31. The maximum Gasteiger partial charge on any atom is 0.345 e. The van der Waals surface area contributed by atoms with Gasteiger partial charge in [-0.05, 0) is 5.56 Å². The fourth-order valence-corrected chi connectivity index (χ4v) is 2.31. The monoisotopic (exact) mass is 331 g/mol. The van der Waals surface area contributed by atoms with Gasteiger partial charge in [-0.25, -0.2) is 4.79 Å². The summed E-state index contributed by atoms with van der Waals surface area (Å²) in [4.78, 5) is 22.5. The Morgan fingerprint density at radius 1 is 1.25 bits per heavy atom. The number of rotatable bonds is 5. The number of carbonyl (C=O) groups excluding carboxylic acids is 1. The van der Waals surface area contributed by atoms with Gasteiger partial charge >= 0.3 is 11.7 Å². The highest BCUT2D eigenvalue weighted by Gasteiger charge is 2.36. The van der Waals surface area contributed by atoms with Crippen molar-refractivity contribution in [1.82, 2.24) is 0 Å². The minimum absolute atomic E-state index is 0.102. The second-order valence-electron chi connectivity index (χ2n) is 4.86. The number of hydrogen-bond acceptors (Lipinski definition) is 7. The maximum atomic E-state index is 11.9. The smallest absolute Gasteiger partial charge is 0.345 e. The molecule has 2 aromatic carbocycles. The molecule has 0 amide bonds. The number of hydrogen-bond donors (Lipinski definition) is 0. The van der Waals surface area contributed by atoms with Gasteiger partial charge < -0.3 is 18.9 Å². The van der Waals surface area contributed by atoms with Crippen molar-refractivity contribution in [2.45, 2.75) is 6.61 Å². The minimum Gasteiger partial charge on any atom is -0.485 e. The van der Waals surface area contributed by atoms with E-state index in [1.165, 1.54) is 6.07 Å². The van der Waals surface area contributed by atoms with E-state index in [1.807, 2.05) is 30.3 Å². The number of nitro groups is 1. The molecule has 0 aromatic heterocycles. The Balaban J connectivity index is 2.02. The van der Waals surface area contributed by atoms with Crippen LogP contribution in [0.1, 0.15) is 15.9 Å². The lowest BCUT2D eigenvalue weighted by Gasteiger charge is -2.11. The SMILES string of the molecule is COC(=O)c1cc(OCc2ccccc2)c2c(c1[N+](=O)[O-])OCO2. The minimum atomic E-state index is -0.857. The number of ether oxygens (including phenoxy) is 4. The van der Waals surface area contributed by atoms with Crippen molar-refractivity contribution in [2.24, 2.45) is 0 Å². The second-order valence-corrected chi connectivity index (χ2v) is 4.86. The van der Waals surface area contributed by atoms with Crippen LogP contribution in [0, 0.1) is 10.1 Å². The van der Waals surface area contributed by atoms with Crippen LogP contribution in [-0.4, -0.2) is 24.8 Å². The molecule has 0 saturated carbocycles. The van der Waals surface area contributed by atoms with Gasteiger partial charge in [-0.3, -0.25) is 10.1 Å². The van der Waals surface area contributed by atoms with Crippen LogP contribution >= 0.6 is 0 Å². The number of esters is 1. The number of nitro benzene ring substituents is 1. The van der Waals surface area contributed by atoms with E-state index >= 15 is 0 Å². The molecule has 0 saturated heterocycles. The highest BCUT2D eigenvalue weighted by Crippen LogP contribution is 2.49. The summed E-state index contributed by atoms with van der Waals surface area (Å²) in [5, 5.41) is 11.3. The molecule has 8 nitrogen and oxygen atoms in total. The molecule has 3 rings (SSSR count). The standard InChI is InChI=1S/C16H13NO7/c1-21-16(18)11-7-12(22-8-10-5-3-2-4-6-10)14-15(24-9-23-14)13(11)17(19)20/h2-7H,8-9H2,1H3. The molecule has 1 heterocycles. The summed E-state index contributed by atoms with van der Waals surface area (Å²) in [6.45, 7) is 0.0115. The average molecular weight is 331 g/mol. The Hall–Kier alpha value is -3.29. The predicted molar refractivity (Wildman–Crippen MR) is 81.3 cm³/mol. The first-order valence-corrected chi connectivity index (χ1v) is 6.98. The molecule has 0 unspecified atom stereocenters. The van der Waals surface area contributed by atoms with E-state index in [2.05, 4.69) is 4.74 Å². The van der Waals surface area contributed by atoms with Gasteiger partial charge in [0.25, 0.3) is 0 Å². The second kappa shape index (κ2) is 6.45. The van der Waals surface area contributed by atoms with Gasteiger partial charge in [-0.2, -0.15) is 0 Å². The van der Waals surface area contributed by atoms with Crippen molar-refractivity contribution in [3.8, 4) is 17.2 Å². The number of carbonyl (C=O) groups is 1. The van der Waals surface area contributed by atoms with Gasteiger partial charge in [-0.1, -0.05) is 30.3 Å². The molecule has 0 N–H and O–H groups in total. The zero-order valence-electron chi connectivity index (χ0n) is 12.7. The van der Waals surface area contributed by atoms with Gasteiger partial charge in [0, 0.05) is 6.07 Å². The molecule has 0 aliphatic carbocycles. The van der Waals surface area contributed by atoms with E-state index in [0.29, 0.717) is 0 Å². The first-order chi connectivity index (χ1) is 11.6. The zero-order chi connectivity index (χ0) is 17.1. The maximum absolute atomic E-state index is 11.9. The summed E-state index contributed by atoms with van der Waals surface area (Å²) in [7, 11) is 1.14. The average Bonchev–Trinajstić information content (AvgIpc) is 3.08. The molecule has 24 heavy (non-hydrogen) atoms. The molecule has 0 spiro atoms. The Labute approximate surface area is 136 Å². The molecular formula is C16H13NO7. The van der Waals surface area contributed by atoms with E-state index in [0.717, 1.165) is 12.7 Å². The Morgan fingerprint density at radius 3 is 2.62 bits per heavy atom. The molecule has 0 radical (unpaired) electrons. The lowest BCUT2D eigenvalue weighted by atomic mass is 10.1. The van der Waals surface area contributed by atoms with Gasteiger partial charge in [-0.15, -0.1) is 0 Å². The third kappa shape index (κ3) is 2.81. The summed E-state index contributed by atoms with van der Waals surface area (Å²) in [6.07, 6.45) is 0. The zero-order valence-corrected chi connectivity index (χ0v) is 12.7. The van der Waals surface area contributed by atoms with E-state index in [9.17, 15) is 14.9 Å². The van der Waals surface area contributed by atoms with Crippen molar-refractivity contribution in [1.29, 1.82) is 0 Å². The molecular weight excluding hydrogens is 318 g/mol. The van der Waals surface area contributed by atoms with E-state index in [1.54, 1.807) is 0 Å². The number of nitrogens with zero attached hydrogens (tertiary/aromatic N) is 1. The third-order valence-corrected chi connectivity index (χ3v) is 3.41. The molecule has 0 fully saturated rings. The predicted octanol–water partition coefficient (Wildman–Crippen LogP) is 2.69. The van der Waals surface area contributed by atoms with E-state index in [4.69, 9.17) is 14.2 Å². The van der Waals surface area contributed by atoms with E-state index < -0.39 is 16.6 Å². The van der Waals surface area contributed by atoms with Crippen LogP contribution in [0.15, 0.2) is 36.4 Å². The first-order valence-electron chi connectivity index (χ1n) is 6.98. The number of fused-ring (bicyclic) bond motifs is 1. The number of methoxy groups -OCH3 is 1. The largest absolute Gasteiger partial charge is 0.485 e. The molecule has 124 valence electrons. The Bertz CT molecular complexity index is 789. The quantitative estimate of drug-likeness (QED) is 0.472. The lowest BCUT2D eigenvalue weighted by Crippen LogP contribution is -2.07. The van der Waals surface area contributed by atoms with Crippen molar-refractivity contribution < 1.29 is 28.7 Å². The fraction of sp³-hybridized carbons (Fsp3) is 0.188. The van der Waals surface area contributed by atoms with E-state index in [-0.39, 0.29) is 36.2 Å². The highest BCUT2D eigenvalue weighted by molar-refractivity contribution is 5.97.